The monoisotopic (exact) mass is 901 g/mol. The Balaban J connectivity index is 0. The molecular weight excluding hydrogens is 813 g/mol. The zero-order valence-corrected chi connectivity index (χ0v) is 39.6. The van der Waals surface area contributed by atoms with E-state index >= 15 is 0 Å². The van der Waals surface area contributed by atoms with Crippen molar-refractivity contribution < 1.29 is 62.7 Å². The second kappa shape index (κ2) is 48.2. The van der Waals surface area contributed by atoms with E-state index in [2.05, 4.69) is 10.6 Å². The summed E-state index contributed by atoms with van der Waals surface area (Å²) in [5.41, 5.74) is 0. The van der Waals surface area contributed by atoms with Crippen LogP contribution in [-0.2, 0) is 52.5 Å². The van der Waals surface area contributed by atoms with Gasteiger partial charge in [0.05, 0.1) is 33.0 Å². The Morgan fingerprint density at radius 1 is 0.444 bits per heavy atom. The number of ketones is 3. The molecule has 368 valence electrons. The molecule has 0 aromatic heterocycles. The molecule has 0 rings (SSSR count). The number of carboxylic acids is 2. The number of Topliss-reactive ketones (excluding diaryl/α,β-unsaturated/α-hetero) is 3. The van der Waals surface area contributed by atoms with Crippen molar-refractivity contribution in [2.24, 2.45) is 0 Å². The number of carbonyl (C=O) groups excluding carboxylic acids is 5. The lowest BCUT2D eigenvalue weighted by atomic mass is 10.0. The van der Waals surface area contributed by atoms with Gasteiger partial charge in [-0.05, 0) is 45.4 Å². The first-order valence-corrected chi connectivity index (χ1v) is 24.3. The van der Waals surface area contributed by atoms with Crippen molar-refractivity contribution in [3.05, 3.63) is 0 Å². The molecule has 0 spiro atoms. The van der Waals surface area contributed by atoms with Crippen LogP contribution in [-0.4, -0.2) is 117 Å². The maximum atomic E-state index is 12.0. The number of carbonyl (C=O) groups is 7. The molecule has 0 saturated carbocycles. The average Bonchev–Trinajstić information content (AvgIpc) is 3.25. The number of amides is 2. The molecule has 0 unspecified atom stereocenters. The smallest absolute Gasteiger partial charge is 0.326 e. The van der Waals surface area contributed by atoms with Gasteiger partial charge in [-0.2, -0.15) is 0 Å². The Kier molecular flexibility index (Phi) is 47.3. The predicted molar refractivity (Wildman–Crippen MR) is 245 cm³/mol. The minimum Gasteiger partial charge on any atom is -0.481 e. The number of rotatable bonds is 47. The Bertz CT molecular complexity index is 1170. The van der Waals surface area contributed by atoms with Gasteiger partial charge in [-0.3, -0.25) is 28.8 Å². The standard InChI is InChI=1S/C28H51NO6.C20H37NO7/c1-2-19-24(30)22-23-25(28(34)35)29-26(31)20-17-15-13-11-9-7-5-3-4-6-8-10-12-14-16-18-21-27(32)33;1-3-18(22)8-6-5-7-9-19(23)16-27-15-13-26-11-10-21-20(24)17-28-14-12-25-4-2/h25H,2-23H2,1H3,(H,29,31)(H,32,33)(H,34,35);3-17H2,1-2H3,(H,21,24)/t25-;/m0./s1. The zero-order chi connectivity index (χ0) is 47.0. The number of ether oxygens (including phenoxy) is 4. The van der Waals surface area contributed by atoms with Crippen LogP contribution in [0, 0.1) is 0 Å². The fourth-order valence-electron chi connectivity index (χ4n) is 6.49. The van der Waals surface area contributed by atoms with Crippen molar-refractivity contribution in [1.82, 2.24) is 10.6 Å². The highest BCUT2D eigenvalue weighted by Gasteiger charge is 2.20. The van der Waals surface area contributed by atoms with Gasteiger partial charge >= 0.3 is 11.9 Å². The summed E-state index contributed by atoms with van der Waals surface area (Å²) in [4.78, 5) is 79.6. The summed E-state index contributed by atoms with van der Waals surface area (Å²) in [6.45, 7) is 8.76. The van der Waals surface area contributed by atoms with E-state index in [0.29, 0.717) is 84.7 Å². The van der Waals surface area contributed by atoms with Crippen molar-refractivity contribution in [3.8, 4) is 0 Å². The number of hydrogen-bond donors (Lipinski definition) is 4. The van der Waals surface area contributed by atoms with Crippen LogP contribution in [0.1, 0.15) is 201 Å². The normalized spacial score (nSPS) is 11.3. The molecule has 0 aromatic rings. The predicted octanol–water partition coefficient (Wildman–Crippen LogP) is 8.50. The fourth-order valence-corrected chi connectivity index (χ4v) is 6.49. The minimum absolute atomic E-state index is 0.00715. The average molecular weight is 901 g/mol. The van der Waals surface area contributed by atoms with Gasteiger partial charge in [0.1, 0.15) is 30.8 Å². The van der Waals surface area contributed by atoms with E-state index in [0.717, 1.165) is 64.2 Å². The summed E-state index contributed by atoms with van der Waals surface area (Å²) in [5, 5.41) is 23.1. The van der Waals surface area contributed by atoms with Crippen molar-refractivity contribution in [1.29, 1.82) is 0 Å². The summed E-state index contributed by atoms with van der Waals surface area (Å²) < 4.78 is 20.8. The molecule has 0 aromatic carbocycles. The molecule has 1 atom stereocenters. The van der Waals surface area contributed by atoms with Crippen LogP contribution in [0.2, 0.25) is 0 Å². The van der Waals surface area contributed by atoms with Gasteiger partial charge < -0.3 is 39.8 Å². The molecule has 0 aliphatic carbocycles. The molecule has 0 radical (unpaired) electrons. The van der Waals surface area contributed by atoms with Crippen molar-refractivity contribution >= 4 is 41.1 Å². The van der Waals surface area contributed by atoms with Gasteiger partial charge in [0.25, 0.3) is 0 Å². The quantitative estimate of drug-likeness (QED) is 0.0422. The summed E-state index contributed by atoms with van der Waals surface area (Å²) >= 11 is 0. The summed E-state index contributed by atoms with van der Waals surface area (Å²) in [7, 11) is 0. The Morgan fingerprint density at radius 3 is 1.41 bits per heavy atom. The molecule has 63 heavy (non-hydrogen) atoms. The van der Waals surface area contributed by atoms with Gasteiger partial charge in [-0.25, -0.2) is 4.79 Å². The van der Waals surface area contributed by atoms with Crippen LogP contribution in [0.25, 0.3) is 0 Å². The molecule has 0 bridgehead atoms. The van der Waals surface area contributed by atoms with Gasteiger partial charge in [-0.15, -0.1) is 0 Å². The zero-order valence-electron chi connectivity index (χ0n) is 39.6. The van der Waals surface area contributed by atoms with Crippen LogP contribution in [0.3, 0.4) is 0 Å². The van der Waals surface area contributed by atoms with Crippen molar-refractivity contribution in [2.45, 2.75) is 207 Å². The van der Waals surface area contributed by atoms with Gasteiger partial charge in [0.15, 0.2) is 5.78 Å². The van der Waals surface area contributed by atoms with Gasteiger partial charge in [0, 0.05) is 58.1 Å². The number of hydrogen-bond acceptors (Lipinski definition) is 11. The molecule has 0 fully saturated rings. The topological polar surface area (TPSA) is 221 Å². The van der Waals surface area contributed by atoms with Gasteiger partial charge in [0.2, 0.25) is 11.8 Å². The Labute approximate surface area is 379 Å². The van der Waals surface area contributed by atoms with Crippen molar-refractivity contribution in [2.75, 3.05) is 59.4 Å². The van der Waals surface area contributed by atoms with E-state index in [1.54, 1.807) is 0 Å². The second-order valence-electron chi connectivity index (χ2n) is 16.1. The van der Waals surface area contributed by atoms with Crippen LogP contribution >= 0.6 is 0 Å². The fraction of sp³-hybridized carbons (Fsp3) is 0.854. The van der Waals surface area contributed by atoms with E-state index in [9.17, 15) is 38.7 Å². The number of aliphatic carboxylic acids is 2. The van der Waals surface area contributed by atoms with E-state index in [4.69, 9.17) is 24.1 Å². The van der Waals surface area contributed by atoms with Crippen LogP contribution in [0.5, 0.6) is 0 Å². The molecule has 0 aliphatic heterocycles. The molecule has 15 heteroatoms. The highest BCUT2D eigenvalue weighted by molar-refractivity contribution is 5.84. The largest absolute Gasteiger partial charge is 0.481 e. The summed E-state index contributed by atoms with van der Waals surface area (Å²) in [6.07, 6.45) is 24.9. The lowest BCUT2D eigenvalue weighted by Crippen LogP contribution is -2.41. The van der Waals surface area contributed by atoms with E-state index < -0.39 is 18.0 Å². The highest BCUT2D eigenvalue weighted by atomic mass is 16.5. The van der Waals surface area contributed by atoms with Crippen molar-refractivity contribution in [3.63, 3.8) is 0 Å². The number of carboxylic acid groups (broad SMARTS) is 2. The molecule has 0 saturated heterocycles. The number of nitrogens with one attached hydrogen (secondary N) is 2. The Hall–Kier alpha value is -3.27. The van der Waals surface area contributed by atoms with Crippen LogP contribution in [0.15, 0.2) is 0 Å². The van der Waals surface area contributed by atoms with E-state index in [-0.39, 0.29) is 55.2 Å². The third-order valence-electron chi connectivity index (χ3n) is 10.2. The summed E-state index contributed by atoms with van der Waals surface area (Å²) in [6, 6.07) is -0.973. The Morgan fingerprint density at radius 2 is 0.905 bits per heavy atom. The minimum atomic E-state index is -1.08. The molecular formula is C48H88N2O13. The number of unbranched alkanes of at least 4 members (excludes halogenated alkanes) is 17. The lowest BCUT2D eigenvalue weighted by molar-refractivity contribution is -0.142. The first-order chi connectivity index (χ1) is 30.5. The molecule has 15 nitrogen and oxygen atoms in total. The second-order valence-corrected chi connectivity index (χ2v) is 16.1. The third-order valence-corrected chi connectivity index (χ3v) is 10.2. The first kappa shape index (κ1) is 61.8. The maximum absolute atomic E-state index is 12.0. The first-order valence-electron chi connectivity index (χ1n) is 24.3. The van der Waals surface area contributed by atoms with Crippen LogP contribution < -0.4 is 10.6 Å². The lowest BCUT2D eigenvalue weighted by Gasteiger charge is -2.14. The maximum Gasteiger partial charge on any atom is 0.326 e. The molecule has 0 heterocycles. The van der Waals surface area contributed by atoms with Crippen LogP contribution in [0.4, 0.5) is 0 Å². The van der Waals surface area contributed by atoms with Gasteiger partial charge in [-0.1, -0.05) is 110 Å². The van der Waals surface area contributed by atoms with E-state index in [1.165, 1.54) is 64.2 Å². The third kappa shape index (κ3) is 49.6. The molecule has 0 aliphatic rings. The molecule has 2 amide bonds. The highest BCUT2D eigenvalue weighted by Crippen LogP contribution is 2.15. The van der Waals surface area contributed by atoms with E-state index in [1.807, 2.05) is 20.8 Å². The SMILES string of the molecule is CCCC(=O)CC[C@H](NC(=O)CCCCCCCCCCCCCCCCCCC(=O)O)C(=O)O.CCOCCOCC(=O)NCCOCCOCC(=O)CCCCCC(=O)CC. The summed E-state index contributed by atoms with van der Waals surface area (Å²) in [5.74, 6) is -1.80. The molecule has 4 N–H and O–H groups in total.